The molecule has 0 spiro atoms. The van der Waals surface area contributed by atoms with Crippen molar-refractivity contribution in [3.63, 3.8) is 0 Å². The average molecular weight is 351 g/mol. The molecular formula is C20H21N3O3. The molecule has 3 amide bonds. The van der Waals surface area contributed by atoms with Crippen molar-refractivity contribution >= 4 is 28.6 Å². The summed E-state index contributed by atoms with van der Waals surface area (Å²) in [5.41, 5.74) is 4.28. The first-order valence-electron chi connectivity index (χ1n) is 9.41. The van der Waals surface area contributed by atoms with Crippen LogP contribution in [0.4, 0.5) is 0 Å². The molecule has 1 atom stereocenters. The molecule has 1 aromatic carbocycles. The SMILES string of the molecule is O=C1C[C@H](N(C(=O)c2ccc3[nH]c4c(c3c2)CCCC4)C2CC2)C(=O)N1. The van der Waals surface area contributed by atoms with Crippen LogP contribution in [0.3, 0.4) is 0 Å². The van der Waals surface area contributed by atoms with E-state index in [2.05, 4.69) is 10.3 Å². The van der Waals surface area contributed by atoms with Crippen LogP contribution < -0.4 is 5.32 Å². The smallest absolute Gasteiger partial charge is 0.254 e. The van der Waals surface area contributed by atoms with Gasteiger partial charge in [-0.15, -0.1) is 0 Å². The first-order valence-corrected chi connectivity index (χ1v) is 9.41. The predicted molar refractivity (Wildman–Crippen MR) is 95.7 cm³/mol. The van der Waals surface area contributed by atoms with E-state index in [0.29, 0.717) is 5.56 Å². The van der Waals surface area contributed by atoms with E-state index in [1.807, 2.05) is 18.2 Å². The van der Waals surface area contributed by atoms with Gasteiger partial charge in [0.15, 0.2) is 0 Å². The molecule has 2 aliphatic carbocycles. The summed E-state index contributed by atoms with van der Waals surface area (Å²) in [6, 6.07) is 5.16. The number of benzene rings is 1. The fraction of sp³-hybridized carbons (Fsp3) is 0.450. The Kier molecular flexibility index (Phi) is 3.42. The Hall–Kier alpha value is -2.63. The van der Waals surface area contributed by atoms with Crippen molar-refractivity contribution in [2.75, 3.05) is 0 Å². The molecule has 1 aromatic heterocycles. The van der Waals surface area contributed by atoms with Crippen molar-refractivity contribution in [2.24, 2.45) is 0 Å². The van der Waals surface area contributed by atoms with Gasteiger partial charge in [-0.1, -0.05) is 0 Å². The van der Waals surface area contributed by atoms with Gasteiger partial charge in [0.25, 0.3) is 5.91 Å². The van der Waals surface area contributed by atoms with E-state index in [-0.39, 0.29) is 30.2 Å². The molecule has 5 rings (SSSR count). The number of fused-ring (bicyclic) bond motifs is 3. The topological polar surface area (TPSA) is 82.3 Å². The second kappa shape index (κ2) is 5.69. The van der Waals surface area contributed by atoms with Gasteiger partial charge in [-0.25, -0.2) is 0 Å². The number of carbonyl (C=O) groups is 3. The number of aromatic amines is 1. The summed E-state index contributed by atoms with van der Waals surface area (Å²) < 4.78 is 0. The van der Waals surface area contributed by atoms with Crippen LogP contribution >= 0.6 is 0 Å². The third-order valence-electron chi connectivity index (χ3n) is 5.80. The third kappa shape index (κ3) is 2.43. The minimum Gasteiger partial charge on any atom is -0.358 e. The number of amides is 3. The molecule has 2 fully saturated rings. The molecule has 1 aliphatic heterocycles. The summed E-state index contributed by atoms with van der Waals surface area (Å²) >= 11 is 0. The lowest BCUT2D eigenvalue weighted by Gasteiger charge is -2.27. The van der Waals surface area contributed by atoms with Crippen molar-refractivity contribution in [2.45, 2.75) is 57.0 Å². The zero-order valence-corrected chi connectivity index (χ0v) is 14.5. The highest BCUT2D eigenvalue weighted by atomic mass is 16.2. The number of nitrogens with one attached hydrogen (secondary N) is 2. The van der Waals surface area contributed by atoms with Crippen molar-refractivity contribution in [1.82, 2.24) is 15.2 Å². The predicted octanol–water partition coefficient (Wildman–Crippen LogP) is 2.07. The number of hydrogen-bond donors (Lipinski definition) is 2. The van der Waals surface area contributed by atoms with Crippen LogP contribution in [0, 0.1) is 0 Å². The molecule has 6 nitrogen and oxygen atoms in total. The highest BCUT2D eigenvalue weighted by Crippen LogP contribution is 2.34. The molecule has 6 heteroatoms. The molecule has 1 saturated heterocycles. The van der Waals surface area contributed by atoms with Crippen LogP contribution in [0.2, 0.25) is 0 Å². The Balaban J connectivity index is 1.52. The van der Waals surface area contributed by atoms with Crippen LogP contribution in [0.1, 0.15) is 53.7 Å². The number of aryl methyl sites for hydroxylation is 2. The van der Waals surface area contributed by atoms with Gasteiger partial charge >= 0.3 is 0 Å². The van der Waals surface area contributed by atoms with Gasteiger partial charge in [0.1, 0.15) is 6.04 Å². The van der Waals surface area contributed by atoms with Crippen LogP contribution in [-0.2, 0) is 22.4 Å². The second-order valence-corrected chi connectivity index (χ2v) is 7.63. The van der Waals surface area contributed by atoms with Gasteiger partial charge < -0.3 is 9.88 Å². The fourth-order valence-corrected chi connectivity index (χ4v) is 4.37. The number of nitrogens with zero attached hydrogens (tertiary/aromatic N) is 1. The number of rotatable bonds is 3. The van der Waals surface area contributed by atoms with Crippen LogP contribution in [0.5, 0.6) is 0 Å². The molecule has 0 bridgehead atoms. The molecule has 0 radical (unpaired) electrons. The van der Waals surface area contributed by atoms with Gasteiger partial charge in [-0.3, -0.25) is 19.7 Å². The third-order valence-corrected chi connectivity index (χ3v) is 5.80. The van der Waals surface area contributed by atoms with Gasteiger partial charge in [-0.05, 0) is 62.3 Å². The normalized spacial score (nSPS) is 22.4. The standard InChI is InChI=1S/C20H21N3O3/c24-18-10-17(19(25)22-18)23(12-6-7-12)20(26)11-5-8-16-14(9-11)13-3-1-2-4-15(13)21-16/h5,8-9,12,17,21H,1-4,6-7,10H2,(H,22,24,25)/t17-/m0/s1. The Morgan fingerprint density at radius 1 is 1.12 bits per heavy atom. The molecule has 2 heterocycles. The maximum Gasteiger partial charge on any atom is 0.254 e. The molecule has 3 aliphatic rings. The minimum atomic E-state index is -0.668. The summed E-state index contributed by atoms with van der Waals surface area (Å²) in [7, 11) is 0. The van der Waals surface area contributed by atoms with Crippen molar-refractivity contribution in [1.29, 1.82) is 0 Å². The van der Waals surface area contributed by atoms with E-state index in [1.54, 1.807) is 4.90 Å². The number of carbonyl (C=O) groups excluding carboxylic acids is 3. The number of H-pyrrole nitrogens is 1. The number of aromatic nitrogens is 1. The summed E-state index contributed by atoms with van der Waals surface area (Å²) in [6.07, 6.45) is 6.34. The maximum atomic E-state index is 13.2. The Morgan fingerprint density at radius 2 is 1.92 bits per heavy atom. The molecule has 0 unspecified atom stereocenters. The van der Waals surface area contributed by atoms with Crippen LogP contribution in [0.15, 0.2) is 18.2 Å². The van der Waals surface area contributed by atoms with E-state index in [0.717, 1.165) is 36.6 Å². The van der Waals surface area contributed by atoms with Crippen molar-refractivity contribution in [3.05, 3.63) is 35.0 Å². The maximum absolute atomic E-state index is 13.2. The van der Waals surface area contributed by atoms with Gasteiger partial charge in [-0.2, -0.15) is 0 Å². The number of imide groups is 1. The Morgan fingerprint density at radius 3 is 2.65 bits per heavy atom. The van der Waals surface area contributed by atoms with Gasteiger partial charge in [0.05, 0.1) is 6.42 Å². The average Bonchev–Trinajstić information content (AvgIpc) is 3.32. The highest BCUT2D eigenvalue weighted by molar-refractivity contribution is 6.09. The lowest BCUT2D eigenvalue weighted by Crippen LogP contribution is -2.45. The van der Waals surface area contributed by atoms with E-state index < -0.39 is 6.04 Å². The summed E-state index contributed by atoms with van der Waals surface area (Å²) in [6.45, 7) is 0. The van der Waals surface area contributed by atoms with Crippen molar-refractivity contribution < 1.29 is 14.4 Å². The monoisotopic (exact) mass is 351 g/mol. The minimum absolute atomic E-state index is 0.0694. The van der Waals surface area contributed by atoms with E-state index in [1.165, 1.54) is 24.1 Å². The quantitative estimate of drug-likeness (QED) is 0.831. The fourth-order valence-electron chi connectivity index (χ4n) is 4.37. The van der Waals surface area contributed by atoms with Gasteiger partial charge in [0.2, 0.25) is 11.8 Å². The highest BCUT2D eigenvalue weighted by Gasteiger charge is 2.44. The Labute approximate surface area is 150 Å². The largest absolute Gasteiger partial charge is 0.358 e. The molecule has 26 heavy (non-hydrogen) atoms. The van der Waals surface area contributed by atoms with E-state index in [4.69, 9.17) is 0 Å². The van der Waals surface area contributed by atoms with E-state index >= 15 is 0 Å². The first-order chi connectivity index (χ1) is 12.6. The van der Waals surface area contributed by atoms with Gasteiger partial charge in [0, 0.05) is 28.2 Å². The Bertz CT molecular complexity index is 941. The van der Waals surface area contributed by atoms with Crippen molar-refractivity contribution in [3.8, 4) is 0 Å². The lowest BCUT2D eigenvalue weighted by molar-refractivity contribution is -0.126. The molecule has 1 saturated carbocycles. The second-order valence-electron chi connectivity index (χ2n) is 7.63. The summed E-state index contributed by atoms with van der Waals surface area (Å²) in [4.78, 5) is 42.1. The molecule has 2 N–H and O–H groups in total. The van der Waals surface area contributed by atoms with Crippen LogP contribution in [-0.4, -0.2) is 39.7 Å². The first kappa shape index (κ1) is 15.6. The summed E-state index contributed by atoms with van der Waals surface area (Å²) in [5, 5.41) is 3.44. The summed E-state index contributed by atoms with van der Waals surface area (Å²) in [5.74, 6) is -0.793. The zero-order chi connectivity index (χ0) is 17.8. The van der Waals surface area contributed by atoms with Crippen LogP contribution in [0.25, 0.3) is 10.9 Å². The lowest BCUT2D eigenvalue weighted by atomic mass is 9.95. The van der Waals surface area contributed by atoms with E-state index in [9.17, 15) is 14.4 Å². The molecular weight excluding hydrogens is 330 g/mol. The zero-order valence-electron chi connectivity index (χ0n) is 14.5. The molecule has 134 valence electrons. The molecule has 2 aromatic rings. The number of hydrogen-bond acceptors (Lipinski definition) is 3.